The van der Waals surface area contributed by atoms with Crippen LogP contribution in [0.25, 0.3) is 0 Å². The highest BCUT2D eigenvalue weighted by Gasteiger charge is 2.15. The lowest BCUT2D eigenvalue weighted by molar-refractivity contribution is 0.0941. The SMILES string of the molecule is CCNc1cc(C)ccc1C(=O)NC(C)c1ccsc1. The fourth-order valence-corrected chi connectivity index (χ4v) is 2.83. The highest BCUT2D eigenvalue weighted by atomic mass is 32.1. The minimum Gasteiger partial charge on any atom is -0.385 e. The minimum absolute atomic E-state index is 0.0181. The van der Waals surface area contributed by atoms with E-state index >= 15 is 0 Å². The van der Waals surface area contributed by atoms with Gasteiger partial charge in [-0.1, -0.05) is 6.07 Å². The van der Waals surface area contributed by atoms with Crippen molar-refractivity contribution in [3.05, 3.63) is 51.7 Å². The number of carbonyl (C=O) groups excluding carboxylic acids is 1. The number of aryl methyl sites for hydroxylation is 1. The molecule has 106 valence electrons. The molecule has 0 saturated carbocycles. The van der Waals surface area contributed by atoms with Crippen molar-refractivity contribution in [1.82, 2.24) is 5.32 Å². The van der Waals surface area contributed by atoms with E-state index in [1.54, 1.807) is 11.3 Å². The van der Waals surface area contributed by atoms with E-state index in [1.165, 1.54) is 0 Å². The molecule has 1 amide bonds. The molecule has 0 aliphatic heterocycles. The Morgan fingerprint density at radius 1 is 1.35 bits per heavy atom. The number of carbonyl (C=O) groups is 1. The van der Waals surface area contributed by atoms with Crippen molar-refractivity contribution >= 4 is 22.9 Å². The molecule has 1 unspecified atom stereocenters. The summed E-state index contributed by atoms with van der Waals surface area (Å²) in [6, 6.07) is 7.90. The summed E-state index contributed by atoms with van der Waals surface area (Å²) in [7, 11) is 0. The lowest BCUT2D eigenvalue weighted by atomic mass is 10.1. The van der Waals surface area contributed by atoms with Gasteiger partial charge in [0, 0.05) is 12.2 Å². The minimum atomic E-state index is -0.0420. The molecule has 1 atom stereocenters. The van der Waals surface area contributed by atoms with Gasteiger partial charge in [0.25, 0.3) is 5.91 Å². The Balaban J connectivity index is 2.16. The molecule has 0 spiro atoms. The van der Waals surface area contributed by atoms with Crippen molar-refractivity contribution in [2.24, 2.45) is 0 Å². The predicted molar refractivity (Wildman–Crippen MR) is 85.5 cm³/mol. The maximum Gasteiger partial charge on any atom is 0.253 e. The van der Waals surface area contributed by atoms with Gasteiger partial charge in [0.05, 0.1) is 11.6 Å². The average Bonchev–Trinajstić information content (AvgIpc) is 2.93. The topological polar surface area (TPSA) is 41.1 Å². The Hall–Kier alpha value is -1.81. The molecule has 2 N–H and O–H groups in total. The molecule has 20 heavy (non-hydrogen) atoms. The van der Waals surface area contributed by atoms with E-state index in [1.807, 2.05) is 50.4 Å². The van der Waals surface area contributed by atoms with Gasteiger partial charge in [-0.2, -0.15) is 11.3 Å². The zero-order chi connectivity index (χ0) is 14.5. The van der Waals surface area contributed by atoms with Crippen LogP contribution < -0.4 is 10.6 Å². The van der Waals surface area contributed by atoms with Crippen molar-refractivity contribution in [2.45, 2.75) is 26.8 Å². The maximum absolute atomic E-state index is 12.4. The van der Waals surface area contributed by atoms with Crippen LogP contribution in [0.2, 0.25) is 0 Å². The van der Waals surface area contributed by atoms with Crippen LogP contribution in [0.4, 0.5) is 5.69 Å². The summed E-state index contributed by atoms with van der Waals surface area (Å²) < 4.78 is 0. The molecular weight excluding hydrogens is 268 g/mol. The molecule has 0 fully saturated rings. The summed E-state index contributed by atoms with van der Waals surface area (Å²) >= 11 is 1.64. The van der Waals surface area contributed by atoms with Crippen LogP contribution in [0.3, 0.4) is 0 Å². The number of nitrogens with one attached hydrogen (secondary N) is 2. The number of anilines is 1. The molecule has 0 radical (unpaired) electrons. The summed E-state index contributed by atoms with van der Waals surface area (Å²) in [5.74, 6) is -0.0420. The first-order chi connectivity index (χ1) is 9.61. The molecule has 0 bridgehead atoms. The average molecular weight is 288 g/mol. The third kappa shape index (κ3) is 3.39. The van der Waals surface area contributed by atoms with Crippen LogP contribution >= 0.6 is 11.3 Å². The number of rotatable bonds is 5. The number of hydrogen-bond donors (Lipinski definition) is 2. The quantitative estimate of drug-likeness (QED) is 0.873. The molecule has 1 aromatic carbocycles. The van der Waals surface area contributed by atoms with Gasteiger partial charge in [-0.15, -0.1) is 0 Å². The molecule has 1 aromatic heterocycles. The summed E-state index contributed by atoms with van der Waals surface area (Å²) in [6.07, 6.45) is 0. The van der Waals surface area contributed by atoms with Gasteiger partial charge in [0.1, 0.15) is 0 Å². The molecule has 0 aliphatic carbocycles. The van der Waals surface area contributed by atoms with Gasteiger partial charge in [0.15, 0.2) is 0 Å². The van der Waals surface area contributed by atoms with Gasteiger partial charge in [-0.3, -0.25) is 4.79 Å². The third-order valence-electron chi connectivity index (χ3n) is 3.18. The largest absolute Gasteiger partial charge is 0.385 e. The Kier molecular flexibility index (Phi) is 4.79. The highest BCUT2D eigenvalue weighted by molar-refractivity contribution is 7.07. The van der Waals surface area contributed by atoms with Gasteiger partial charge in [0.2, 0.25) is 0 Å². The summed E-state index contributed by atoms with van der Waals surface area (Å²) in [5, 5.41) is 10.4. The van der Waals surface area contributed by atoms with Gasteiger partial charge in [-0.05, 0) is 60.9 Å². The van der Waals surface area contributed by atoms with E-state index in [0.717, 1.165) is 23.4 Å². The number of benzene rings is 1. The monoisotopic (exact) mass is 288 g/mol. The zero-order valence-corrected chi connectivity index (χ0v) is 12.9. The van der Waals surface area contributed by atoms with Crippen molar-refractivity contribution in [3.8, 4) is 0 Å². The highest BCUT2D eigenvalue weighted by Crippen LogP contribution is 2.20. The first kappa shape index (κ1) is 14.6. The van der Waals surface area contributed by atoms with Crippen molar-refractivity contribution < 1.29 is 4.79 Å². The van der Waals surface area contributed by atoms with Gasteiger partial charge >= 0.3 is 0 Å². The second-order valence-electron chi connectivity index (χ2n) is 4.83. The third-order valence-corrected chi connectivity index (χ3v) is 3.88. The van der Waals surface area contributed by atoms with Crippen LogP contribution in [-0.2, 0) is 0 Å². The molecule has 1 heterocycles. The lowest BCUT2D eigenvalue weighted by Gasteiger charge is -2.16. The molecule has 0 aliphatic rings. The second kappa shape index (κ2) is 6.57. The molecule has 0 saturated heterocycles. The Morgan fingerprint density at radius 2 is 2.15 bits per heavy atom. The molecular formula is C16H20N2OS. The predicted octanol–water partition coefficient (Wildman–Crippen LogP) is 3.98. The summed E-state index contributed by atoms with van der Waals surface area (Å²) in [5.41, 5.74) is 3.87. The molecule has 2 aromatic rings. The van der Waals surface area contributed by atoms with E-state index < -0.39 is 0 Å². The van der Waals surface area contributed by atoms with Gasteiger partial charge in [-0.25, -0.2) is 0 Å². The van der Waals surface area contributed by atoms with E-state index in [4.69, 9.17) is 0 Å². The van der Waals surface area contributed by atoms with Crippen molar-refractivity contribution in [3.63, 3.8) is 0 Å². The standard InChI is InChI=1S/C16H20N2OS/c1-4-17-15-9-11(2)5-6-14(15)16(19)18-12(3)13-7-8-20-10-13/h5-10,12,17H,4H2,1-3H3,(H,18,19). The summed E-state index contributed by atoms with van der Waals surface area (Å²) in [4.78, 5) is 12.4. The Bertz CT molecular complexity index is 578. The van der Waals surface area contributed by atoms with Crippen LogP contribution in [0, 0.1) is 6.92 Å². The van der Waals surface area contributed by atoms with Crippen LogP contribution in [0.1, 0.15) is 41.4 Å². The Labute approximate surface area is 124 Å². The van der Waals surface area contributed by atoms with Crippen LogP contribution in [0.15, 0.2) is 35.0 Å². The van der Waals surface area contributed by atoms with Gasteiger partial charge < -0.3 is 10.6 Å². The van der Waals surface area contributed by atoms with E-state index in [-0.39, 0.29) is 11.9 Å². The maximum atomic E-state index is 12.4. The van der Waals surface area contributed by atoms with Crippen LogP contribution in [-0.4, -0.2) is 12.5 Å². The number of thiophene rings is 1. The van der Waals surface area contributed by atoms with Crippen LogP contribution in [0.5, 0.6) is 0 Å². The van der Waals surface area contributed by atoms with E-state index in [2.05, 4.69) is 16.0 Å². The summed E-state index contributed by atoms with van der Waals surface area (Å²) in [6.45, 7) is 6.85. The van der Waals surface area contributed by atoms with Crippen molar-refractivity contribution in [1.29, 1.82) is 0 Å². The molecule has 3 nitrogen and oxygen atoms in total. The second-order valence-corrected chi connectivity index (χ2v) is 5.61. The molecule has 2 rings (SSSR count). The molecule has 4 heteroatoms. The Morgan fingerprint density at radius 3 is 2.80 bits per heavy atom. The van der Waals surface area contributed by atoms with E-state index in [0.29, 0.717) is 5.56 Å². The first-order valence-corrected chi connectivity index (χ1v) is 7.73. The number of amides is 1. The normalized spacial score (nSPS) is 11.9. The van der Waals surface area contributed by atoms with E-state index in [9.17, 15) is 4.79 Å². The first-order valence-electron chi connectivity index (χ1n) is 6.79. The lowest BCUT2D eigenvalue weighted by Crippen LogP contribution is -2.27. The number of hydrogen-bond acceptors (Lipinski definition) is 3. The smallest absolute Gasteiger partial charge is 0.253 e. The zero-order valence-electron chi connectivity index (χ0n) is 12.1. The fraction of sp³-hybridized carbons (Fsp3) is 0.312. The fourth-order valence-electron chi connectivity index (χ4n) is 2.07. The van der Waals surface area contributed by atoms with Crippen molar-refractivity contribution in [2.75, 3.05) is 11.9 Å².